The number of benzene rings is 10. The zero-order valence-electron chi connectivity index (χ0n) is 51.9. The smallest absolute Gasteiger partial charge is 0.179 e. The molecule has 300 valence electrons. The van der Waals surface area contributed by atoms with Crippen molar-refractivity contribution in [3.05, 3.63) is 282 Å². The largest absolute Gasteiger partial charge is 0.309 e. The van der Waals surface area contributed by atoms with Crippen LogP contribution in [-0.4, -0.2) is 12.6 Å². The molecule has 1 nitrogen and oxygen atoms in total. The third kappa shape index (κ3) is 5.36. The number of aromatic nitrogens is 1. The van der Waals surface area contributed by atoms with Gasteiger partial charge in [-0.1, -0.05) is 230 Å². The lowest BCUT2D eigenvalue weighted by molar-refractivity contribution is 0.752. The van der Waals surface area contributed by atoms with Gasteiger partial charge in [-0.15, -0.1) is 0 Å². The number of fused-ring (bicyclic) bond motifs is 3. The van der Waals surface area contributed by atoms with E-state index in [9.17, 15) is 11.0 Å². The number of nitrogens with zero attached hydrogens (tertiary/aromatic N) is 1. The molecule has 14 rings (SSSR count). The molecule has 2 unspecified atom stereocenters. The highest BCUT2D eigenvalue weighted by Crippen LogP contribution is 2.57. The monoisotopic (exact) mass is 847 g/mol. The van der Waals surface area contributed by atoms with Crippen molar-refractivity contribution in [2.45, 2.75) is 11.8 Å². The van der Waals surface area contributed by atoms with Crippen molar-refractivity contribution >= 4 is 50.6 Å². The maximum atomic E-state index is 9.53. The van der Waals surface area contributed by atoms with Crippen LogP contribution in [-0.2, 0) is 0 Å². The minimum atomic E-state index is -4.08. The number of para-hydroxylation sites is 2. The molecule has 3 aliphatic rings. The summed E-state index contributed by atoms with van der Waals surface area (Å²) in [6, 6.07) is 35.7. The Hall–Kier alpha value is -7.78. The number of hydrogen-bond donors (Lipinski definition) is 0. The summed E-state index contributed by atoms with van der Waals surface area (Å²) in [5, 5.41) is 2.96. The predicted molar refractivity (Wildman–Crippen MR) is 270 cm³/mol. The van der Waals surface area contributed by atoms with Crippen LogP contribution in [0.15, 0.2) is 248 Å². The van der Waals surface area contributed by atoms with E-state index in [1.165, 1.54) is 0 Å². The summed E-state index contributed by atoms with van der Waals surface area (Å²) in [7, 11) is -4.08. The number of hydrogen-bond acceptors (Lipinski definition) is 0. The van der Waals surface area contributed by atoms with E-state index in [-0.39, 0.29) is 32.9 Å². The Kier molecular flexibility index (Phi) is 5.28. The van der Waals surface area contributed by atoms with Crippen molar-refractivity contribution in [1.29, 1.82) is 0 Å². The molecule has 10 aromatic carbocycles. The van der Waals surface area contributed by atoms with Crippen molar-refractivity contribution in [3.63, 3.8) is 0 Å². The summed E-state index contributed by atoms with van der Waals surface area (Å²) >= 11 is 0. The topological polar surface area (TPSA) is 4.93 Å². The highest BCUT2D eigenvalue weighted by Gasteiger charge is 2.50. The quantitative estimate of drug-likeness (QED) is 0.111. The van der Waals surface area contributed by atoms with Crippen LogP contribution in [0.2, 0.25) is 0 Å². The van der Waals surface area contributed by atoms with Gasteiger partial charge in [-0.25, -0.2) is 0 Å². The summed E-state index contributed by atoms with van der Waals surface area (Å²) < 4.78 is 163. The lowest BCUT2D eigenvalue weighted by atomic mass is 9.60. The van der Waals surface area contributed by atoms with E-state index in [4.69, 9.17) is 13.7 Å². The van der Waals surface area contributed by atoms with Gasteiger partial charge < -0.3 is 4.57 Å². The van der Waals surface area contributed by atoms with Crippen LogP contribution < -0.4 is 20.7 Å². The third-order valence-electron chi connectivity index (χ3n) is 13.1. The zero-order chi connectivity index (χ0) is 57.9. The molecule has 0 saturated carbocycles. The second kappa shape index (κ2) is 14.7. The zero-order valence-corrected chi connectivity index (χ0v) is 34.9. The van der Waals surface area contributed by atoms with Gasteiger partial charge in [0.25, 0.3) is 0 Å². The molecule has 2 bridgehead atoms. The first kappa shape index (κ1) is 23.1. The second-order valence-corrected chi connectivity index (χ2v) is 19.9. The van der Waals surface area contributed by atoms with Crippen molar-refractivity contribution in [2.24, 2.45) is 0 Å². The molecule has 2 heteroatoms. The van der Waals surface area contributed by atoms with Crippen molar-refractivity contribution in [2.75, 3.05) is 0 Å². The summed E-state index contributed by atoms with van der Waals surface area (Å²) in [5.74, 6) is -1.17. The van der Waals surface area contributed by atoms with Gasteiger partial charge in [0.15, 0.2) is 8.07 Å². The minimum Gasteiger partial charge on any atom is -0.309 e. The Bertz CT molecular complexity index is 4400. The fourth-order valence-corrected chi connectivity index (χ4v) is 15.8. The van der Waals surface area contributed by atoms with Gasteiger partial charge in [-0.2, -0.15) is 0 Å². The standard InChI is InChI=1S/C62H43NSi/c1-4-20-42(21-5-1)44-24-16-28-47(40-44)64(46-26-8-3-9-27-46,48-29-17-25-45(41-48)43-22-6-2-7-23-43)58-39-19-35-54-59-51-32-10-11-33-52(51)62(61(54)58)60-53(59)34-18-38-57(60)63-55-36-14-12-30-49(55)50-31-13-15-37-56(50)63/h1-41,59,62H/i1D,2D,4D,5D,6D,7D,12D,13D,14D,15D,20D,21D,22D,23D,30D,31D,36D,37D. The Morgan fingerprint density at radius 2 is 0.828 bits per heavy atom. The Morgan fingerprint density at radius 1 is 0.359 bits per heavy atom. The molecule has 0 fully saturated rings. The molecule has 11 aromatic rings. The first-order valence-corrected chi connectivity index (χ1v) is 23.0. The van der Waals surface area contributed by atoms with Gasteiger partial charge in [-0.3, -0.25) is 0 Å². The van der Waals surface area contributed by atoms with Gasteiger partial charge in [0.05, 0.1) is 41.4 Å². The maximum Gasteiger partial charge on any atom is 0.179 e. The SMILES string of the molecule is [2H]c1c([2H])c([2H])c(-c2cccc([Si](c3ccccc3)(c3cccc(-c4c([2H])c([2H])c([2H])c([2H])c4[2H])c3)c3cccc4c3C3c5ccccc5C4c4cccc(-n5c6c([2H])c([2H])c([2H])c([2H])c6c6c([2H])c([2H])c([2H])c([2H])c65)c43)c2)c([2H])c1[2H]. The third-order valence-corrected chi connectivity index (χ3v) is 17.9. The van der Waals surface area contributed by atoms with E-state index >= 15 is 0 Å². The van der Waals surface area contributed by atoms with Gasteiger partial charge in [0.2, 0.25) is 0 Å². The second-order valence-electron chi connectivity index (χ2n) is 16.1. The minimum absolute atomic E-state index is 0.0135. The molecule has 0 saturated heterocycles. The van der Waals surface area contributed by atoms with E-state index in [1.807, 2.05) is 91.0 Å². The van der Waals surface area contributed by atoms with E-state index in [0.29, 0.717) is 27.2 Å². The summed E-state index contributed by atoms with van der Waals surface area (Å²) in [5.41, 5.74) is 6.35. The highest BCUT2D eigenvalue weighted by atomic mass is 28.3. The van der Waals surface area contributed by atoms with Crippen LogP contribution in [0.3, 0.4) is 0 Å². The van der Waals surface area contributed by atoms with E-state index in [0.717, 1.165) is 43.8 Å². The maximum absolute atomic E-state index is 9.53. The number of rotatable bonds is 7. The fourth-order valence-electron chi connectivity index (χ4n) is 10.7. The summed E-state index contributed by atoms with van der Waals surface area (Å²) in [4.78, 5) is 0. The van der Waals surface area contributed by atoms with Gasteiger partial charge in [-0.05, 0) is 94.5 Å². The van der Waals surface area contributed by atoms with Crippen LogP contribution in [0, 0.1) is 0 Å². The fraction of sp³-hybridized carbons (Fsp3) is 0.0323. The molecule has 2 atom stereocenters. The van der Waals surface area contributed by atoms with Crippen LogP contribution in [0.25, 0.3) is 49.7 Å². The normalized spacial score (nSPS) is 18.8. The molecule has 0 aliphatic heterocycles. The highest BCUT2D eigenvalue weighted by molar-refractivity contribution is 7.20. The lowest BCUT2D eigenvalue weighted by Gasteiger charge is -2.47. The molecular weight excluding hydrogens is 787 g/mol. The van der Waals surface area contributed by atoms with Crippen LogP contribution in [0.4, 0.5) is 0 Å². The first-order valence-electron chi connectivity index (χ1n) is 30.0. The Morgan fingerprint density at radius 3 is 1.44 bits per heavy atom. The summed E-state index contributed by atoms with van der Waals surface area (Å²) in [6.45, 7) is 0. The Balaban J connectivity index is 1.20. The molecule has 64 heavy (non-hydrogen) atoms. The lowest BCUT2D eigenvalue weighted by Crippen LogP contribution is -2.75. The van der Waals surface area contributed by atoms with Gasteiger partial charge in [0.1, 0.15) is 0 Å². The molecule has 1 heterocycles. The predicted octanol–water partition coefficient (Wildman–Crippen LogP) is 12.5. The first-order chi connectivity index (χ1) is 39.2. The van der Waals surface area contributed by atoms with Gasteiger partial charge >= 0.3 is 0 Å². The van der Waals surface area contributed by atoms with E-state index in [2.05, 4.69) is 24.3 Å². The van der Waals surface area contributed by atoms with Crippen molar-refractivity contribution in [1.82, 2.24) is 4.57 Å². The van der Waals surface area contributed by atoms with Crippen molar-refractivity contribution in [3.8, 4) is 27.9 Å². The van der Waals surface area contributed by atoms with Crippen LogP contribution in [0.5, 0.6) is 0 Å². The summed E-state index contributed by atoms with van der Waals surface area (Å²) in [6.07, 6.45) is 0. The molecule has 3 aliphatic carbocycles. The van der Waals surface area contributed by atoms with E-state index < -0.39 is 129 Å². The average molecular weight is 848 g/mol. The van der Waals surface area contributed by atoms with Crippen LogP contribution >= 0.6 is 0 Å². The molecule has 1 aromatic heterocycles. The van der Waals surface area contributed by atoms with Gasteiger partial charge in [0, 0.05) is 22.6 Å². The molecular formula is C62H43NSi. The Labute approximate surface area is 400 Å². The van der Waals surface area contributed by atoms with E-state index in [1.54, 1.807) is 28.8 Å². The van der Waals surface area contributed by atoms with Crippen LogP contribution in [0.1, 0.15) is 69.9 Å². The molecule has 0 N–H and O–H groups in total. The van der Waals surface area contributed by atoms with Crippen molar-refractivity contribution < 1.29 is 24.7 Å². The molecule has 0 amide bonds. The molecule has 0 radical (unpaired) electrons. The average Bonchev–Trinajstić information content (AvgIpc) is 2.80. The molecule has 0 spiro atoms.